The molecule has 1 saturated heterocycles. The zero-order valence-corrected chi connectivity index (χ0v) is 13.9. The molecule has 0 radical (unpaired) electrons. The standard InChI is InChI=1S/C14H16N4O3S2/c15-23(20,21)9-10-3-4-18(8-10)14(19)11-6-16-13(17-7-11)12-2-1-5-22-12/h1-2,5-7,10H,3-4,8-9H2,(H2,15,20,21). The lowest BCUT2D eigenvalue weighted by atomic mass is 10.2. The molecule has 1 aliphatic rings. The lowest BCUT2D eigenvalue weighted by Crippen LogP contribution is -2.31. The molecule has 122 valence electrons. The molecule has 23 heavy (non-hydrogen) atoms. The van der Waals surface area contributed by atoms with Crippen molar-refractivity contribution in [3.63, 3.8) is 0 Å². The van der Waals surface area contributed by atoms with Gasteiger partial charge in [-0.1, -0.05) is 6.07 Å². The number of nitrogens with two attached hydrogens (primary N) is 1. The van der Waals surface area contributed by atoms with Gasteiger partial charge in [-0.2, -0.15) is 0 Å². The van der Waals surface area contributed by atoms with Crippen molar-refractivity contribution in [1.29, 1.82) is 0 Å². The summed E-state index contributed by atoms with van der Waals surface area (Å²) in [7, 11) is -3.51. The summed E-state index contributed by atoms with van der Waals surface area (Å²) in [5, 5.41) is 7.00. The van der Waals surface area contributed by atoms with Gasteiger partial charge in [-0.25, -0.2) is 23.5 Å². The molecule has 1 unspecified atom stereocenters. The van der Waals surface area contributed by atoms with E-state index in [0.717, 1.165) is 4.88 Å². The lowest BCUT2D eigenvalue weighted by molar-refractivity contribution is 0.0787. The normalized spacial score (nSPS) is 18.3. The third-order valence-electron chi connectivity index (χ3n) is 3.68. The van der Waals surface area contributed by atoms with Crippen LogP contribution in [0.1, 0.15) is 16.8 Å². The van der Waals surface area contributed by atoms with E-state index >= 15 is 0 Å². The topological polar surface area (TPSA) is 106 Å². The van der Waals surface area contributed by atoms with Crippen molar-refractivity contribution >= 4 is 27.3 Å². The highest BCUT2D eigenvalue weighted by Crippen LogP contribution is 2.22. The number of hydrogen-bond donors (Lipinski definition) is 1. The quantitative estimate of drug-likeness (QED) is 0.882. The van der Waals surface area contributed by atoms with E-state index in [1.54, 1.807) is 4.90 Å². The molecule has 1 fully saturated rings. The lowest BCUT2D eigenvalue weighted by Gasteiger charge is -2.16. The highest BCUT2D eigenvalue weighted by molar-refractivity contribution is 7.89. The molecule has 2 N–H and O–H groups in total. The van der Waals surface area contributed by atoms with Crippen LogP contribution in [0.5, 0.6) is 0 Å². The number of thiophene rings is 1. The second-order valence-corrected chi connectivity index (χ2v) is 8.11. The van der Waals surface area contributed by atoms with Crippen molar-refractivity contribution in [1.82, 2.24) is 14.9 Å². The number of sulfonamides is 1. The molecule has 0 aliphatic carbocycles. The molecular weight excluding hydrogens is 336 g/mol. The second kappa shape index (κ2) is 6.34. The van der Waals surface area contributed by atoms with Crippen LogP contribution in [0.25, 0.3) is 10.7 Å². The summed E-state index contributed by atoms with van der Waals surface area (Å²) in [6.45, 7) is 0.910. The van der Waals surface area contributed by atoms with Crippen LogP contribution in [0.3, 0.4) is 0 Å². The molecule has 0 aromatic carbocycles. The summed E-state index contributed by atoms with van der Waals surface area (Å²) in [6.07, 6.45) is 3.66. The Kier molecular flexibility index (Phi) is 4.42. The van der Waals surface area contributed by atoms with Gasteiger partial charge in [0.05, 0.1) is 16.2 Å². The first-order valence-corrected chi connectivity index (χ1v) is 9.67. The van der Waals surface area contributed by atoms with Crippen molar-refractivity contribution in [2.45, 2.75) is 6.42 Å². The van der Waals surface area contributed by atoms with Crippen LogP contribution in [0, 0.1) is 5.92 Å². The zero-order valence-electron chi connectivity index (χ0n) is 12.3. The Labute approximate surface area is 138 Å². The summed E-state index contributed by atoms with van der Waals surface area (Å²) in [5.74, 6) is 0.204. The Balaban J connectivity index is 1.67. The van der Waals surface area contributed by atoms with E-state index in [4.69, 9.17) is 5.14 Å². The van der Waals surface area contributed by atoms with Gasteiger partial charge in [0.2, 0.25) is 10.0 Å². The van der Waals surface area contributed by atoms with Crippen LogP contribution in [0.4, 0.5) is 0 Å². The van der Waals surface area contributed by atoms with E-state index in [2.05, 4.69) is 9.97 Å². The van der Waals surface area contributed by atoms with Crippen molar-refractivity contribution in [2.75, 3.05) is 18.8 Å². The molecule has 2 aromatic heterocycles. The van der Waals surface area contributed by atoms with Gasteiger partial charge in [0.25, 0.3) is 5.91 Å². The Hall–Kier alpha value is -1.84. The molecule has 9 heteroatoms. The van der Waals surface area contributed by atoms with Gasteiger partial charge < -0.3 is 4.90 Å². The Morgan fingerprint density at radius 1 is 1.39 bits per heavy atom. The van der Waals surface area contributed by atoms with Crippen LogP contribution in [-0.4, -0.2) is 48.0 Å². The summed E-state index contributed by atoms with van der Waals surface area (Å²) >= 11 is 1.53. The summed E-state index contributed by atoms with van der Waals surface area (Å²) in [6, 6.07) is 3.83. The first-order valence-electron chi connectivity index (χ1n) is 7.08. The SMILES string of the molecule is NS(=O)(=O)CC1CCN(C(=O)c2cnc(-c3cccs3)nc2)C1. The molecule has 3 rings (SSSR count). The molecule has 0 saturated carbocycles. The minimum atomic E-state index is -3.51. The third-order valence-corrected chi connectivity index (χ3v) is 5.48. The van der Waals surface area contributed by atoms with Gasteiger partial charge in [0, 0.05) is 25.5 Å². The fourth-order valence-corrected chi connectivity index (χ4v) is 4.24. The predicted octanol–water partition coefficient (Wildman–Crippen LogP) is 0.956. The minimum absolute atomic E-state index is 0.0927. The largest absolute Gasteiger partial charge is 0.338 e. The maximum Gasteiger partial charge on any atom is 0.257 e. The Morgan fingerprint density at radius 3 is 2.74 bits per heavy atom. The third kappa shape index (κ3) is 3.92. The number of carbonyl (C=O) groups is 1. The van der Waals surface area contributed by atoms with Crippen LogP contribution in [0.15, 0.2) is 29.9 Å². The Morgan fingerprint density at radius 2 is 2.13 bits per heavy atom. The highest BCUT2D eigenvalue weighted by atomic mass is 32.2. The Bertz CT molecular complexity index is 788. The van der Waals surface area contributed by atoms with Gasteiger partial charge in [-0.3, -0.25) is 4.79 Å². The summed E-state index contributed by atoms with van der Waals surface area (Å²) < 4.78 is 22.3. The molecule has 1 amide bonds. The number of aromatic nitrogens is 2. The second-order valence-electron chi connectivity index (χ2n) is 5.51. The van der Waals surface area contributed by atoms with E-state index in [9.17, 15) is 13.2 Å². The number of nitrogens with zero attached hydrogens (tertiary/aromatic N) is 3. The number of likely N-dealkylation sites (tertiary alicyclic amines) is 1. The van der Waals surface area contributed by atoms with Crippen molar-refractivity contribution in [3.05, 3.63) is 35.5 Å². The molecule has 0 spiro atoms. The van der Waals surface area contributed by atoms with E-state index < -0.39 is 10.0 Å². The van der Waals surface area contributed by atoms with Crippen LogP contribution < -0.4 is 5.14 Å². The first-order chi connectivity index (χ1) is 10.9. The minimum Gasteiger partial charge on any atom is -0.338 e. The average molecular weight is 352 g/mol. The van der Waals surface area contributed by atoms with Crippen molar-refractivity contribution in [3.8, 4) is 10.7 Å². The molecule has 7 nitrogen and oxygen atoms in total. The van der Waals surface area contributed by atoms with E-state index in [0.29, 0.717) is 30.9 Å². The summed E-state index contributed by atoms with van der Waals surface area (Å²) in [5.41, 5.74) is 0.404. The van der Waals surface area contributed by atoms with E-state index in [1.807, 2.05) is 17.5 Å². The van der Waals surface area contributed by atoms with Gasteiger partial charge in [-0.15, -0.1) is 11.3 Å². The number of primary sulfonamides is 1. The average Bonchev–Trinajstić information content (AvgIpc) is 3.16. The fourth-order valence-electron chi connectivity index (χ4n) is 2.64. The molecule has 3 heterocycles. The van der Waals surface area contributed by atoms with Gasteiger partial charge in [-0.05, 0) is 23.8 Å². The van der Waals surface area contributed by atoms with Crippen LogP contribution in [0.2, 0.25) is 0 Å². The van der Waals surface area contributed by atoms with Gasteiger partial charge in [0.1, 0.15) is 0 Å². The first kappa shape index (κ1) is 16.0. The number of carbonyl (C=O) groups excluding carboxylic acids is 1. The number of amides is 1. The van der Waals surface area contributed by atoms with Crippen LogP contribution >= 0.6 is 11.3 Å². The van der Waals surface area contributed by atoms with E-state index in [1.165, 1.54) is 23.7 Å². The van der Waals surface area contributed by atoms with Gasteiger partial charge in [0.15, 0.2) is 5.82 Å². The molecule has 1 atom stereocenters. The predicted molar refractivity (Wildman–Crippen MR) is 87.3 cm³/mol. The maximum atomic E-state index is 12.4. The highest BCUT2D eigenvalue weighted by Gasteiger charge is 2.29. The maximum absolute atomic E-state index is 12.4. The molecule has 1 aliphatic heterocycles. The zero-order chi connectivity index (χ0) is 16.4. The van der Waals surface area contributed by atoms with E-state index in [-0.39, 0.29) is 17.6 Å². The monoisotopic (exact) mass is 352 g/mol. The van der Waals surface area contributed by atoms with Crippen molar-refractivity contribution < 1.29 is 13.2 Å². The van der Waals surface area contributed by atoms with Crippen LogP contribution in [-0.2, 0) is 10.0 Å². The smallest absolute Gasteiger partial charge is 0.257 e. The number of hydrogen-bond acceptors (Lipinski definition) is 6. The molecular formula is C14H16N4O3S2. The molecule has 0 bridgehead atoms. The van der Waals surface area contributed by atoms with Crippen molar-refractivity contribution in [2.24, 2.45) is 11.1 Å². The fraction of sp³-hybridized carbons (Fsp3) is 0.357. The number of rotatable bonds is 4. The molecule has 2 aromatic rings. The summed E-state index contributed by atoms with van der Waals surface area (Å²) in [4.78, 5) is 23.4. The van der Waals surface area contributed by atoms with Gasteiger partial charge >= 0.3 is 0 Å².